The molecule has 5 N–H and O–H groups in total. The van der Waals surface area contributed by atoms with Gasteiger partial charge in [0.15, 0.2) is 0 Å². The fraction of sp³-hybridized carbons (Fsp3) is 0.837. The van der Waals surface area contributed by atoms with Crippen LogP contribution in [-0.4, -0.2) is 86.2 Å². The molecule has 1 heterocycles. The number of hydrogen-bond acceptors (Lipinski definition) is 10. The van der Waals surface area contributed by atoms with E-state index in [1.807, 2.05) is 0 Å². The van der Waals surface area contributed by atoms with Gasteiger partial charge in [0.1, 0.15) is 24.3 Å². The Labute approximate surface area is 333 Å². The summed E-state index contributed by atoms with van der Waals surface area (Å²) in [6.45, 7) is 19.6. The SMILES string of the molecule is COC(=O)C(C)NC(=O)NCCCCC(N)C(=O)O[C@H]1[C@H](OC(C)=O)C[C@@]23COC[C@]1(C)[C@@H]2CC[C@H]1C3=CC[C@@]2(C)[C@H](C(=O)O)[C@@](C)([C@H](C)C(C)C)CC[C@]12C. The van der Waals surface area contributed by atoms with Crippen molar-refractivity contribution in [3.8, 4) is 0 Å². The second-order valence-corrected chi connectivity index (χ2v) is 19.3. The molecule has 13 heteroatoms. The smallest absolute Gasteiger partial charge is 0.328 e. The van der Waals surface area contributed by atoms with Crippen LogP contribution in [-0.2, 0) is 38.1 Å². The summed E-state index contributed by atoms with van der Waals surface area (Å²) in [6, 6.07) is -2.20. The quantitative estimate of drug-likeness (QED) is 0.0766. The number of nitrogens with two attached hydrogens (primary N) is 1. The number of carboxylic acid groups (broad SMARTS) is 1. The van der Waals surface area contributed by atoms with Crippen LogP contribution in [0.5, 0.6) is 0 Å². The summed E-state index contributed by atoms with van der Waals surface area (Å²) in [7, 11) is 1.25. The number of esters is 3. The number of amides is 2. The van der Waals surface area contributed by atoms with Crippen molar-refractivity contribution in [1.82, 2.24) is 10.6 Å². The summed E-state index contributed by atoms with van der Waals surface area (Å²) in [5.74, 6) is -1.94. The molecule has 0 radical (unpaired) electrons. The Morgan fingerprint density at radius 2 is 1.66 bits per heavy atom. The molecule has 3 saturated carbocycles. The van der Waals surface area contributed by atoms with Crippen LogP contribution in [0.3, 0.4) is 0 Å². The van der Waals surface area contributed by atoms with Gasteiger partial charge in [0.05, 0.1) is 26.2 Å². The van der Waals surface area contributed by atoms with Gasteiger partial charge in [-0.05, 0) is 105 Å². The predicted molar refractivity (Wildman–Crippen MR) is 209 cm³/mol. The topological polar surface area (TPSA) is 193 Å². The lowest BCUT2D eigenvalue weighted by Crippen LogP contribution is -2.70. The lowest BCUT2D eigenvalue weighted by Gasteiger charge is -2.71. The van der Waals surface area contributed by atoms with E-state index in [9.17, 15) is 29.1 Å². The molecular formula is C43H69N3O10. The van der Waals surface area contributed by atoms with Gasteiger partial charge in [0, 0.05) is 24.3 Å². The van der Waals surface area contributed by atoms with Crippen molar-refractivity contribution in [2.24, 2.45) is 62.4 Å². The van der Waals surface area contributed by atoms with E-state index in [-0.39, 0.29) is 28.6 Å². The molecule has 0 aromatic rings. The van der Waals surface area contributed by atoms with Crippen LogP contribution in [0, 0.1) is 56.7 Å². The molecule has 2 bridgehead atoms. The van der Waals surface area contributed by atoms with E-state index in [4.69, 9.17) is 19.9 Å². The Morgan fingerprint density at radius 1 is 0.964 bits per heavy atom. The Kier molecular flexibility index (Phi) is 12.7. The lowest BCUT2D eigenvalue weighted by atomic mass is 9.34. The number of allylic oxidation sites excluding steroid dienone is 1. The molecule has 4 fully saturated rings. The molecule has 5 aliphatic rings. The zero-order valence-electron chi connectivity index (χ0n) is 35.5. The number of fused-ring (bicyclic) bond motifs is 3. The minimum absolute atomic E-state index is 0.0873. The van der Waals surface area contributed by atoms with Crippen LogP contribution < -0.4 is 16.4 Å². The van der Waals surface area contributed by atoms with Crippen LogP contribution in [0.15, 0.2) is 11.6 Å². The molecule has 0 spiro atoms. The molecule has 1 aliphatic heterocycles. The summed E-state index contributed by atoms with van der Waals surface area (Å²) in [4.78, 5) is 63.4. The van der Waals surface area contributed by atoms with Gasteiger partial charge in [-0.2, -0.15) is 0 Å². The molecule has 13 nitrogen and oxygen atoms in total. The van der Waals surface area contributed by atoms with Crippen molar-refractivity contribution >= 4 is 29.9 Å². The van der Waals surface area contributed by atoms with E-state index in [0.717, 1.165) is 25.7 Å². The van der Waals surface area contributed by atoms with Gasteiger partial charge in [-0.1, -0.05) is 60.1 Å². The molecule has 0 aromatic carbocycles. The first-order chi connectivity index (χ1) is 26.1. The number of nitrogens with one attached hydrogen (secondary N) is 2. The third kappa shape index (κ3) is 7.37. The minimum Gasteiger partial charge on any atom is -0.481 e. The highest BCUT2D eigenvalue weighted by Crippen LogP contribution is 2.75. The number of carbonyl (C=O) groups excluding carboxylic acids is 4. The molecule has 0 aromatic heterocycles. The third-order valence-electron chi connectivity index (χ3n) is 16.1. The first kappa shape index (κ1) is 43.9. The van der Waals surface area contributed by atoms with E-state index in [1.165, 1.54) is 26.5 Å². The van der Waals surface area contributed by atoms with Gasteiger partial charge < -0.3 is 40.4 Å². The number of urea groups is 1. The molecule has 2 unspecified atom stereocenters. The number of carboxylic acids is 1. The molecule has 4 aliphatic carbocycles. The largest absolute Gasteiger partial charge is 0.481 e. The predicted octanol–water partition coefficient (Wildman–Crippen LogP) is 5.78. The first-order valence-corrected chi connectivity index (χ1v) is 20.9. The maximum absolute atomic E-state index is 13.7. The summed E-state index contributed by atoms with van der Waals surface area (Å²) in [5, 5.41) is 16.2. The molecule has 316 valence electrons. The fourth-order valence-electron chi connectivity index (χ4n) is 12.6. The fourth-order valence-corrected chi connectivity index (χ4v) is 12.6. The van der Waals surface area contributed by atoms with Crippen LogP contribution in [0.25, 0.3) is 0 Å². The van der Waals surface area contributed by atoms with Crippen LogP contribution in [0.2, 0.25) is 0 Å². The van der Waals surface area contributed by atoms with Gasteiger partial charge >= 0.3 is 29.9 Å². The van der Waals surface area contributed by atoms with E-state index in [0.29, 0.717) is 57.8 Å². The molecule has 5 rings (SSSR count). The van der Waals surface area contributed by atoms with E-state index in [1.54, 1.807) is 0 Å². The highest BCUT2D eigenvalue weighted by molar-refractivity contribution is 5.83. The zero-order chi connectivity index (χ0) is 41.6. The van der Waals surface area contributed by atoms with Crippen molar-refractivity contribution in [2.75, 3.05) is 26.9 Å². The number of hydrogen-bond donors (Lipinski definition) is 4. The van der Waals surface area contributed by atoms with Crippen LogP contribution >= 0.6 is 0 Å². The second-order valence-electron chi connectivity index (χ2n) is 19.3. The van der Waals surface area contributed by atoms with Crippen molar-refractivity contribution in [3.05, 3.63) is 11.6 Å². The monoisotopic (exact) mass is 787 g/mol. The summed E-state index contributed by atoms with van der Waals surface area (Å²) >= 11 is 0. The Morgan fingerprint density at radius 3 is 2.29 bits per heavy atom. The molecule has 2 amide bonds. The van der Waals surface area contributed by atoms with Gasteiger partial charge in [-0.25, -0.2) is 9.59 Å². The molecular weight excluding hydrogens is 718 g/mol. The zero-order valence-corrected chi connectivity index (χ0v) is 35.5. The van der Waals surface area contributed by atoms with E-state index >= 15 is 0 Å². The number of rotatable bonds is 13. The summed E-state index contributed by atoms with van der Waals surface area (Å²) in [6.07, 6.45) is 6.92. The highest BCUT2D eigenvalue weighted by Gasteiger charge is 2.72. The Hall–Kier alpha value is -3.19. The minimum atomic E-state index is -0.923. The van der Waals surface area contributed by atoms with Crippen LogP contribution in [0.4, 0.5) is 4.79 Å². The van der Waals surface area contributed by atoms with Crippen molar-refractivity contribution in [3.63, 3.8) is 0 Å². The van der Waals surface area contributed by atoms with Crippen molar-refractivity contribution in [1.29, 1.82) is 0 Å². The second kappa shape index (κ2) is 16.2. The molecule has 56 heavy (non-hydrogen) atoms. The van der Waals surface area contributed by atoms with E-state index in [2.05, 4.69) is 69.9 Å². The first-order valence-electron chi connectivity index (χ1n) is 20.9. The third-order valence-corrected chi connectivity index (χ3v) is 16.1. The lowest BCUT2D eigenvalue weighted by molar-refractivity contribution is -0.263. The molecule has 13 atom stereocenters. The van der Waals surface area contributed by atoms with Gasteiger partial charge in [-0.15, -0.1) is 0 Å². The average molecular weight is 788 g/mol. The maximum Gasteiger partial charge on any atom is 0.328 e. The Bertz CT molecular complexity index is 1570. The van der Waals surface area contributed by atoms with Gasteiger partial charge in [0.2, 0.25) is 0 Å². The number of methoxy groups -OCH3 is 1. The van der Waals surface area contributed by atoms with Crippen LogP contribution in [0.1, 0.15) is 120 Å². The van der Waals surface area contributed by atoms with E-state index < -0.39 is 76.4 Å². The number of carbonyl (C=O) groups is 5. The van der Waals surface area contributed by atoms with Crippen molar-refractivity contribution in [2.45, 2.75) is 144 Å². The maximum atomic E-state index is 13.7. The van der Waals surface area contributed by atoms with Crippen molar-refractivity contribution < 1.29 is 48.0 Å². The summed E-state index contributed by atoms with van der Waals surface area (Å²) < 4.78 is 23.5. The average Bonchev–Trinajstić information content (AvgIpc) is 3.12. The standard InChI is InChI=1S/C43H69N3O10/c1-24(2)25(3)39(6)18-19-41(8)28-14-15-32-40(7)22-54-23-43(32,29(28)16-17-42(41,9)33(39)35(48)49)21-31(55-27(5)47)34(40)56-37(51)30(44)13-11-12-20-45-38(52)46-26(4)36(50)53-10/h16,24-26,28,30-34H,11-15,17-23,44H2,1-10H3,(H,48,49)(H2,45,46,52)/t25-,26?,28+,30?,31-,32+,33-,34+,39-,40-,41-,42+,43+/m1/s1. The number of aliphatic carboxylic acids is 1. The number of ether oxygens (including phenoxy) is 4. The summed E-state index contributed by atoms with van der Waals surface area (Å²) in [5.41, 5.74) is 5.50. The Balaban J connectivity index is 1.35. The van der Waals surface area contributed by atoms with Gasteiger partial charge in [0.25, 0.3) is 0 Å². The van der Waals surface area contributed by atoms with Gasteiger partial charge in [-0.3, -0.25) is 14.4 Å². The normalized spacial score (nSPS) is 38.9. The highest BCUT2D eigenvalue weighted by atomic mass is 16.6. The number of unbranched alkanes of at least 4 members (excludes halogenated alkanes) is 1. The molecule has 1 saturated heterocycles.